The van der Waals surface area contributed by atoms with E-state index < -0.39 is 11.4 Å². The summed E-state index contributed by atoms with van der Waals surface area (Å²) < 4.78 is 0. The minimum atomic E-state index is -1.01. The average Bonchev–Trinajstić information content (AvgIpc) is 2.62. The molecule has 3 nitrogen and oxygen atoms in total. The van der Waals surface area contributed by atoms with Crippen molar-refractivity contribution in [2.45, 2.75) is 25.7 Å². The lowest BCUT2D eigenvalue weighted by Gasteiger charge is -2.27. The van der Waals surface area contributed by atoms with Crippen molar-refractivity contribution in [3.8, 4) is 0 Å². The van der Waals surface area contributed by atoms with Crippen LogP contribution >= 0.6 is 0 Å². The van der Waals surface area contributed by atoms with Crippen molar-refractivity contribution in [3.05, 3.63) is 0 Å². The van der Waals surface area contributed by atoms with E-state index in [-0.39, 0.29) is 5.92 Å². The fraction of sp³-hybridized carbons (Fsp3) is 0.778. The van der Waals surface area contributed by atoms with Crippen LogP contribution in [0.5, 0.6) is 0 Å². The maximum absolute atomic E-state index is 10.9. The number of carboxylic acid groups (broad SMARTS) is 1. The van der Waals surface area contributed by atoms with Gasteiger partial charge >= 0.3 is 5.97 Å². The molecule has 2 fully saturated rings. The van der Waals surface area contributed by atoms with Crippen molar-refractivity contribution >= 4 is 12.3 Å². The van der Waals surface area contributed by atoms with E-state index >= 15 is 0 Å². The van der Waals surface area contributed by atoms with Crippen LogP contribution in [0, 0.1) is 17.3 Å². The summed E-state index contributed by atoms with van der Waals surface area (Å²) in [5.41, 5.74) is -1.01. The number of carboxylic acids is 1. The number of hydrogen-bond acceptors (Lipinski definition) is 2. The van der Waals surface area contributed by atoms with E-state index in [9.17, 15) is 9.59 Å². The van der Waals surface area contributed by atoms with E-state index in [1.54, 1.807) is 0 Å². The highest BCUT2D eigenvalue weighted by Gasteiger charge is 2.55. The molecule has 3 unspecified atom stereocenters. The predicted molar refractivity (Wildman–Crippen MR) is 41.6 cm³/mol. The second kappa shape index (κ2) is 2.31. The van der Waals surface area contributed by atoms with Crippen LogP contribution < -0.4 is 0 Å². The SMILES string of the molecule is O=CC1(C(=O)O)CC2CCC1C2. The van der Waals surface area contributed by atoms with Crippen LogP contribution in [0.4, 0.5) is 0 Å². The normalized spacial score (nSPS) is 44.7. The third-order valence-corrected chi connectivity index (χ3v) is 3.50. The first-order chi connectivity index (χ1) is 5.69. The van der Waals surface area contributed by atoms with Crippen molar-refractivity contribution < 1.29 is 14.7 Å². The van der Waals surface area contributed by atoms with Crippen molar-refractivity contribution in [1.29, 1.82) is 0 Å². The summed E-state index contributed by atoms with van der Waals surface area (Å²) in [7, 11) is 0. The smallest absolute Gasteiger partial charge is 0.317 e. The Morgan fingerprint density at radius 3 is 2.50 bits per heavy atom. The van der Waals surface area contributed by atoms with E-state index in [0.717, 1.165) is 19.3 Å². The summed E-state index contributed by atoms with van der Waals surface area (Å²) in [5.74, 6) is -0.293. The fourth-order valence-corrected chi connectivity index (χ4v) is 2.83. The lowest BCUT2D eigenvalue weighted by molar-refractivity contribution is -0.154. The molecule has 0 saturated heterocycles. The van der Waals surface area contributed by atoms with Gasteiger partial charge in [-0.1, -0.05) is 6.42 Å². The highest BCUT2D eigenvalue weighted by Crippen LogP contribution is 2.54. The topological polar surface area (TPSA) is 54.4 Å². The Hall–Kier alpha value is -0.860. The van der Waals surface area contributed by atoms with Gasteiger partial charge in [0.15, 0.2) is 0 Å². The molecule has 0 spiro atoms. The second-order valence-corrected chi connectivity index (χ2v) is 4.04. The maximum atomic E-state index is 10.9. The van der Waals surface area contributed by atoms with Gasteiger partial charge in [0, 0.05) is 0 Å². The Bertz CT molecular complexity index is 236. The van der Waals surface area contributed by atoms with Gasteiger partial charge in [-0.15, -0.1) is 0 Å². The lowest BCUT2D eigenvalue weighted by atomic mass is 9.74. The molecule has 3 atom stereocenters. The third kappa shape index (κ3) is 0.765. The zero-order valence-electron chi connectivity index (χ0n) is 6.82. The molecule has 0 aromatic heterocycles. The van der Waals surface area contributed by atoms with Gasteiger partial charge < -0.3 is 9.90 Å². The molecule has 3 heteroatoms. The molecule has 0 aliphatic heterocycles. The van der Waals surface area contributed by atoms with Gasteiger partial charge in [-0.2, -0.15) is 0 Å². The predicted octanol–water partition coefficient (Wildman–Crippen LogP) is 1.08. The third-order valence-electron chi connectivity index (χ3n) is 3.50. The van der Waals surface area contributed by atoms with Gasteiger partial charge in [0.2, 0.25) is 0 Å². The van der Waals surface area contributed by atoms with Crippen molar-refractivity contribution in [3.63, 3.8) is 0 Å². The van der Waals surface area contributed by atoms with Crippen LogP contribution in [0.3, 0.4) is 0 Å². The Labute approximate surface area is 70.8 Å². The standard InChI is InChI=1S/C9H12O3/c10-5-9(8(11)12)4-6-1-2-7(9)3-6/h5-7H,1-4H2,(H,11,12). The quantitative estimate of drug-likeness (QED) is 0.495. The van der Waals surface area contributed by atoms with Gasteiger partial charge in [0.25, 0.3) is 0 Å². The van der Waals surface area contributed by atoms with E-state index in [1.165, 1.54) is 0 Å². The maximum Gasteiger partial charge on any atom is 0.317 e. The summed E-state index contributed by atoms with van der Waals surface area (Å²) >= 11 is 0. The second-order valence-electron chi connectivity index (χ2n) is 4.04. The Morgan fingerprint density at radius 2 is 2.25 bits per heavy atom. The van der Waals surface area contributed by atoms with Crippen LogP contribution in [0.15, 0.2) is 0 Å². The van der Waals surface area contributed by atoms with Gasteiger partial charge in [0.1, 0.15) is 11.7 Å². The molecule has 2 rings (SSSR count). The Morgan fingerprint density at radius 1 is 1.50 bits per heavy atom. The molecular formula is C9H12O3. The van der Waals surface area contributed by atoms with Gasteiger partial charge in [-0.25, -0.2) is 0 Å². The summed E-state index contributed by atoms with van der Waals surface area (Å²) in [4.78, 5) is 21.7. The fourth-order valence-electron chi connectivity index (χ4n) is 2.83. The van der Waals surface area contributed by atoms with Crippen LogP contribution in [0.25, 0.3) is 0 Å². The number of fused-ring (bicyclic) bond motifs is 2. The summed E-state index contributed by atoms with van der Waals surface area (Å²) in [5, 5.41) is 8.95. The molecule has 66 valence electrons. The zero-order valence-corrected chi connectivity index (χ0v) is 6.82. The number of carbonyl (C=O) groups is 2. The first kappa shape index (κ1) is 7.77. The molecular weight excluding hydrogens is 156 g/mol. The largest absolute Gasteiger partial charge is 0.480 e. The number of aldehydes is 1. The summed E-state index contributed by atoms with van der Waals surface area (Å²) in [6, 6.07) is 0. The summed E-state index contributed by atoms with van der Waals surface area (Å²) in [6.07, 6.45) is 4.24. The summed E-state index contributed by atoms with van der Waals surface area (Å²) in [6.45, 7) is 0. The molecule has 2 saturated carbocycles. The molecule has 0 heterocycles. The van der Waals surface area contributed by atoms with E-state index in [1.807, 2.05) is 0 Å². The van der Waals surface area contributed by atoms with Gasteiger partial charge in [-0.3, -0.25) is 4.79 Å². The number of carbonyl (C=O) groups excluding carboxylic acids is 1. The van der Waals surface area contributed by atoms with Crippen LogP contribution in [-0.2, 0) is 9.59 Å². The first-order valence-corrected chi connectivity index (χ1v) is 4.39. The lowest BCUT2D eigenvalue weighted by Crippen LogP contribution is -2.37. The molecule has 0 amide bonds. The van der Waals surface area contributed by atoms with E-state index in [2.05, 4.69) is 0 Å². The van der Waals surface area contributed by atoms with Crippen LogP contribution in [0.2, 0.25) is 0 Å². The van der Waals surface area contributed by atoms with Gasteiger partial charge in [-0.05, 0) is 31.1 Å². The highest BCUT2D eigenvalue weighted by atomic mass is 16.4. The average molecular weight is 168 g/mol. The number of rotatable bonds is 2. The van der Waals surface area contributed by atoms with E-state index in [0.29, 0.717) is 18.6 Å². The first-order valence-electron chi connectivity index (χ1n) is 4.39. The molecule has 12 heavy (non-hydrogen) atoms. The molecule has 2 bridgehead atoms. The van der Waals surface area contributed by atoms with Crippen LogP contribution in [0.1, 0.15) is 25.7 Å². The van der Waals surface area contributed by atoms with E-state index in [4.69, 9.17) is 5.11 Å². The Kier molecular flexibility index (Phi) is 1.50. The molecule has 1 N–H and O–H groups in total. The van der Waals surface area contributed by atoms with Gasteiger partial charge in [0.05, 0.1) is 0 Å². The monoisotopic (exact) mass is 168 g/mol. The zero-order chi connectivity index (χ0) is 8.77. The molecule has 0 aromatic carbocycles. The minimum absolute atomic E-state index is 0.123. The molecule has 2 aliphatic carbocycles. The molecule has 0 radical (unpaired) electrons. The number of aliphatic carboxylic acids is 1. The minimum Gasteiger partial charge on any atom is -0.480 e. The molecule has 2 aliphatic rings. The van der Waals surface area contributed by atoms with Crippen molar-refractivity contribution in [2.75, 3.05) is 0 Å². The van der Waals surface area contributed by atoms with Crippen molar-refractivity contribution in [1.82, 2.24) is 0 Å². The highest BCUT2D eigenvalue weighted by molar-refractivity contribution is 5.93. The van der Waals surface area contributed by atoms with Crippen molar-refractivity contribution in [2.24, 2.45) is 17.3 Å². The van der Waals surface area contributed by atoms with Crippen LogP contribution in [-0.4, -0.2) is 17.4 Å². The molecule has 0 aromatic rings. The Balaban J connectivity index is 2.31. The number of hydrogen-bond donors (Lipinski definition) is 1.